The number of rotatable bonds is 6. The number of nitrogens with zero attached hydrogens (tertiary/aromatic N) is 1. The fourth-order valence-corrected chi connectivity index (χ4v) is 1.88. The molecule has 0 aliphatic heterocycles. The fraction of sp³-hybridized carbons (Fsp3) is 0.312. The number of aromatic nitrogens is 1. The van der Waals surface area contributed by atoms with Gasteiger partial charge in [0.05, 0.1) is 5.69 Å². The van der Waals surface area contributed by atoms with Gasteiger partial charge in [0.2, 0.25) is 5.76 Å². The van der Waals surface area contributed by atoms with Crippen LogP contribution in [0.2, 0.25) is 0 Å². The Morgan fingerprint density at radius 1 is 1.23 bits per heavy atom. The standard InChI is InChI=1S/C16H19N3O3/c1-3-4-8-17-15(20)12-6-5-7-13(10-12)18-16(21)14-9-11(2)19-22-14/h5-7,9-10H,3-4,8H2,1-2H3,(H,17,20)(H,18,21). The molecule has 0 saturated carbocycles. The molecule has 0 bridgehead atoms. The molecule has 2 rings (SSSR count). The van der Waals surface area contributed by atoms with Crippen molar-refractivity contribution >= 4 is 17.5 Å². The minimum Gasteiger partial charge on any atom is -0.352 e. The van der Waals surface area contributed by atoms with E-state index in [9.17, 15) is 9.59 Å². The lowest BCUT2D eigenvalue weighted by atomic mass is 10.2. The summed E-state index contributed by atoms with van der Waals surface area (Å²) in [5.41, 5.74) is 1.67. The smallest absolute Gasteiger partial charge is 0.294 e. The second kappa shape index (κ2) is 7.40. The quantitative estimate of drug-likeness (QED) is 0.803. The second-order valence-corrected chi connectivity index (χ2v) is 4.98. The van der Waals surface area contributed by atoms with E-state index in [4.69, 9.17) is 4.52 Å². The number of hydrogen-bond acceptors (Lipinski definition) is 4. The predicted molar refractivity (Wildman–Crippen MR) is 82.9 cm³/mol. The Kier molecular flexibility index (Phi) is 5.30. The summed E-state index contributed by atoms with van der Waals surface area (Å²) in [5.74, 6) is -0.417. The van der Waals surface area contributed by atoms with Crippen molar-refractivity contribution in [2.75, 3.05) is 11.9 Å². The third-order valence-corrected chi connectivity index (χ3v) is 3.05. The molecule has 0 fully saturated rings. The minimum absolute atomic E-state index is 0.135. The average molecular weight is 301 g/mol. The van der Waals surface area contributed by atoms with Crippen molar-refractivity contribution in [3.63, 3.8) is 0 Å². The third kappa shape index (κ3) is 4.18. The van der Waals surface area contributed by atoms with E-state index in [1.165, 1.54) is 0 Å². The van der Waals surface area contributed by atoms with E-state index in [1.54, 1.807) is 37.3 Å². The number of unbranched alkanes of at least 4 members (excludes halogenated alkanes) is 1. The van der Waals surface area contributed by atoms with Gasteiger partial charge in [-0.2, -0.15) is 0 Å². The Labute approximate surface area is 128 Å². The van der Waals surface area contributed by atoms with E-state index >= 15 is 0 Å². The minimum atomic E-state index is -0.399. The monoisotopic (exact) mass is 301 g/mol. The summed E-state index contributed by atoms with van der Waals surface area (Å²) in [6.45, 7) is 4.44. The van der Waals surface area contributed by atoms with Gasteiger partial charge in [-0.3, -0.25) is 9.59 Å². The highest BCUT2D eigenvalue weighted by Gasteiger charge is 2.12. The van der Waals surface area contributed by atoms with E-state index in [0.717, 1.165) is 12.8 Å². The zero-order valence-corrected chi connectivity index (χ0v) is 12.7. The van der Waals surface area contributed by atoms with Gasteiger partial charge in [0.15, 0.2) is 0 Å². The van der Waals surface area contributed by atoms with Crippen LogP contribution in [-0.4, -0.2) is 23.5 Å². The zero-order chi connectivity index (χ0) is 15.9. The molecule has 1 heterocycles. The molecule has 2 N–H and O–H groups in total. The first-order valence-electron chi connectivity index (χ1n) is 7.23. The third-order valence-electron chi connectivity index (χ3n) is 3.05. The maximum Gasteiger partial charge on any atom is 0.294 e. The zero-order valence-electron chi connectivity index (χ0n) is 12.7. The van der Waals surface area contributed by atoms with Crippen LogP contribution < -0.4 is 10.6 Å². The van der Waals surface area contributed by atoms with E-state index in [-0.39, 0.29) is 11.7 Å². The van der Waals surface area contributed by atoms with Crippen molar-refractivity contribution in [1.29, 1.82) is 0 Å². The van der Waals surface area contributed by atoms with Crippen LogP contribution >= 0.6 is 0 Å². The number of benzene rings is 1. The first kappa shape index (κ1) is 15.8. The Bertz CT molecular complexity index is 664. The number of nitrogens with one attached hydrogen (secondary N) is 2. The van der Waals surface area contributed by atoms with Gasteiger partial charge in [-0.25, -0.2) is 0 Å². The highest BCUT2D eigenvalue weighted by Crippen LogP contribution is 2.13. The first-order chi connectivity index (χ1) is 10.6. The molecular weight excluding hydrogens is 282 g/mol. The molecule has 116 valence electrons. The molecule has 0 spiro atoms. The SMILES string of the molecule is CCCCNC(=O)c1cccc(NC(=O)c2cc(C)no2)c1. The van der Waals surface area contributed by atoms with Crippen molar-refractivity contribution in [1.82, 2.24) is 10.5 Å². The van der Waals surface area contributed by atoms with Crippen LogP contribution in [0.3, 0.4) is 0 Å². The van der Waals surface area contributed by atoms with Crippen LogP contribution in [-0.2, 0) is 0 Å². The largest absolute Gasteiger partial charge is 0.352 e. The Balaban J connectivity index is 2.02. The molecule has 0 unspecified atom stereocenters. The average Bonchev–Trinajstić information content (AvgIpc) is 2.94. The summed E-state index contributed by atoms with van der Waals surface area (Å²) in [4.78, 5) is 24.0. The molecule has 0 aliphatic carbocycles. The van der Waals surface area contributed by atoms with E-state index in [1.807, 2.05) is 0 Å². The highest BCUT2D eigenvalue weighted by molar-refractivity contribution is 6.03. The molecule has 0 atom stereocenters. The Morgan fingerprint density at radius 3 is 2.73 bits per heavy atom. The van der Waals surface area contributed by atoms with Crippen LogP contribution in [0.25, 0.3) is 0 Å². The summed E-state index contributed by atoms with van der Waals surface area (Å²) in [6, 6.07) is 8.31. The van der Waals surface area contributed by atoms with Crippen molar-refractivity contribution in [3.05, 3.63) is 47.3 Å². The van der Waals surface area contributed by atoms with Gasteiger partial charge in [0.1, 0.15) is 0 Å². The summed E-state index contributed by atoms with van der Waals surface area (Å²) >= 11 is 0. The van der Waals surface area contributed by atoms with Gasteiger partial charge in [-0.15, -0.1) is 0 Å². The number of anilines is 1. The second-order valence-electron chi connectivity index (χ2n) is 4.98. The molecule has 1 aromatic heterocycles. The highest BCUT2D eigenvalue weighted by atomic mass is 16.5. The molecule has 6 nitrogen and oxygen atoms in total. The van der Waals surface area contributed by atoms with Crippen molar-refractivity contribution in [3.8, 4) is 0 Å². The van der Waals surface area contributed by atoms with Crippen LogP contribution in [0.15, 0.2) is 34.9 Å². The summed E-state index contributed by atoms with van der Waals surface area (Å²) in [6.07, 6.45) is 1.96. The molecule has 22 heavy (non-hydrogen) atoms. The number of carbonyl (C=O) groups is 2. The predicted octanol–water partition coefficient (Wildman–Crippen LogP) is 2.77. The summed E-state index contributed by atoms with van der Waals surface area (Å²) < 4.78 is 4.90. The number of hydrogen-bond donors (Lipinski definition) is 2. The van der Waals surface area contributed by atoms with Gasteiger partial charge in [-0.05, 0) is 31.5 Å². The van der Waals surface area contributed by atoms with E-state index in [2.05, 4.69) is 22.7 Å². The molecule has 1 aromatic carbocycles. The van der Waals surface area contributed by atoms with Gasteiger partial charge in [0, 0.05) is 23.9 Å². The van der Waals surface area contributed by atoms with Gasteiger partial charge in [0.25, 0.3) is 11.8 Å². The van der Waals surface area contributed by atoms with Crippen molar-refractivity contribution in [2.24, 2.45) is 0 Å². The topological polar surface area (TPSA) is 84.2 Å². The molecule has 0 radical (unpaired) electrons. The molecule has 0 saturated heterocycles. The molecule has 6 heteroatoms. The number of amides is 2. The number of aryl methyl sites for hydroxylation is 1. The van der Waals surface area contributed by atoms with E-state index < -0.39 is 5.91 Å². The van der Waals surface area contributed by atoms with Crippen LogP contribution in [0, 0.1) is 6.92 Å². The normalized spacial score (nSPS) is 10.3. The maximum absolute atomic E-state index is 12.0. The molecule has 0 aliphatic rings. The lowest BCUT2D eigenvalue weighted by Gasteiger charge is -2.07. The lowest BCUT2D eigenvalue weighted by Crippen LogP contribution is -2.24. The van der Waals surface area contributed by atoms with E-state index in [0.29, 0.717) is 23.5 Å². The van der Waals surface area contributed by atoms with Gasteiger partial charge >= 0.3 is 0 Å². The summed E-state index contributed by atoms with van der Waals surface area (Å²) in [7, 11) is 0. The summed E-state index contributed by atoms with van der Waals surface area (Å²) in [5, 5.41) is 9.18. The van der Waals surface area contributed by atoms with Crippen LogP contribution in [0.1, 0.15) is 46.4 Å². The van der Waals surface area contributed by atoms with Gasteiger partial charge in [-0.1, -0.05) is 24.6 Å². The fourth-order valence-electron chi connectivity index (χ4n) is 1.88. The van der Waals surface area contributed by atoms with Crippen molar-refractivity contribution < 1.29 is 14.1 Å². The lowest BCUT2D eigenvalue weighted by molar-refractivity contribution is 0.0950. The van der Waals surface area contributed by atoms with Crippen LogP contribution in [0.5, 0.6) is 0 Å². The molecule has 2 amide bonds. The first-order valence-corrected chi connectivity index (χ1v) is 7.23. The molecular formula is C16H19N3O3. The maximum atomic E-state index is 12.0. The Morgan fingerprint density at radius 2 is 2.05 bits per heavy atom. The number of carbonyl (C=O) groups excluding carboxylic acids is 2. The van der Waals surface area contributed by atoms with Crippen molar-refractivity contribution in [2.45, 2.75) is 26.7 Å². The van der Waals surface area contributed by atoms with Crippen LogP contribution in [0.4, 0.5) is 5.69 Å². The van der Waals surface area contributed by atoms with Gasteiger partial charge < -0.3 is 15.2 Å². The Hall–Kier alpha value is -2.63. The molecule has 2 aromatic rings.